The van der Waals surface area contributed by atoms with Crippen LogP contribution in [0.5, 0.6) is 0 Å². The zero-order valence-electron chi connectivity index (χ0n) is 10.9. The number of aromatic nitrogens is 6. The van der Waals surface area contributed by atoms with Crippen LogP contribution in [0.2, 0.25) is 0 Å². The first-order chi connectivity index (χ1) is 9.83. The summed E-state index contributed by atoms with van der Waals surface area (Å²) in [6.07, 6.45) is 3.90. The van der Waals surface area contributed by atoms with E-state index >= 15 is 0 Å². The molecule has 0 amide bonds. The van der Waals surface area contributed by atoms with E-state index in [0.717, 1.165) is 34.7 Å². The molecule has 0 aliphatic heterocycles. The number of rotatable bonds is 4. The van der Waals surface area contributed by atoms with Crippen molar-refractivity contribution in [3.8, 4) is 0 Å². The molecule has 1 N–H and O–H groups in total. The molecule has 1 fully saturated rings. The summed E-state index contributed by atoms with van der Waals surface area (Å²) in [5.74, 6) is 1.68. The standard InChI is InChI=1S/C12H13N7S/c1-7(11-16-17-18-19(11)8-2-3-8)15-10-9-4-5-20-12(9)14-6-13-10/h4-8H,2-3H2,1H3,(H,13,14,15). The molecule has 20 heavy (non-hydrogen) atoms. The van der Waals surface area contributed by atoms with Crippen LogP contribution in [-0.2, 0) is 0 Å². The van der Waals surface area contributed by atoms with Crippen LogP contribution in [0.4, 0.5) is 5.82 Å². The average Bonchev–Trinajstić information content (AvgIpc) is 3.00. The normalized spacial score (nSPS) is 16.4. The lowest BCUT2D eigenvalue weighted by molar-refractivity contribution is 0.566. The fraction of sp³-hybridized carbons (Fsp3) is 0.417. The number of tetrazole rings is 1. The first-order valence-corrected chi connectivity index (χ1v) is 7.43. The quantitative estimate of drug-likeness (QED) is 0.792. The molecule has 1 atom stereocenters. The molecule has 0 saturated heterocycles. The van der Waals surface area contributed by atoms with Crippen LogP contribution < -0.4 is 5.32 Å². The van der Waals surface area contributed by atoms with Crippen molar-refractivity contribution >= 4 is 27.4 Å². The maximum atomic E-state index is 4.33. The van der Waals surface area contributed by atoms with Gasteiger partial charge in [0.05, 0.1) is 17.5 Å². The minimum atomic E-state index is 0.00333. The molecule has 7 nitrogen and oxygen atoms in total. The van der Waals surface area contributed by atoms with E-state index in [-0.39, 0.29) is 6.04 Å². The Morgan fingerprint density at radius 3 is 3.15 bits per heavy atom. The molecule has 1 aliphatic carbocycles. The van der Waals surface area contributed by atoms with Crippen LogP contribution in [0, 0.1) is 0 Å². The van der Waals surface area contributed by atoms with Crippen molar-refractivity contribution in [3.63, 3.8) is 0 Å². The highest BCUT2D eigenvalue weighted by atomic mass is 32.1. The molecule has 3 heterocycles. The molecule has 0 radical (unpaired) electrons. The summed E-state index contributed by atoms with van der Waals surface area (Å²) in [5.41, 5.74) is 0. The van der Waals surface area contributed by atoms with Crippen molar-refractivity contribution in [1.29, 1.82) is 0 Å². The summed E-state index contributed by atoms with van der Waals surface area (Å²) in [6.45, 7) is 2.05. The number of nitrogens with one attached hydrogen (secondary N) is 1. The first-order valence-electron chi connectivity index (χ1n) is 6.55. The molecule has 0 spiro atoms. The highest BCUT2D eigenvalue weighted by Crippen LogP contribution is 2.36. The summed E-state index contributed by atoms with van der Waals surface area (Å²) in [5, 5.41) is 18.5. The minimum Gasteiger partial charge on any atom is -0.360 e. The lowest BCUT2D eigenvalue weighted by Gasteiger charge is -2.14. The smallest absolute Gasteiger partial charge is 0.173 e. The Balaban J connectivity index is 1.64. The number of nitrogens with zero attached hydrogens (tertiary/aromatic N) is 6. The maximum Gasteiger partial charge on any atom is 0.173 e. The van der Waals surface area contributed by atoms with Gasteiger partial charge in [-0.05, 0) is 41.6 Å². The van der Waals surface area contributed by atoms with Crippen molar-refractivity contribution < 1.29 is 0 Å². The van der Waals surface area contributed by atoms with E-state index in [1.807, 2.05) is 23.1 Å². The molecule has 3 aromatic rings. The predicted molar refractivity (Wildman–Crippen MR) is 75.5 cm³/mol. The maximum absolute atomic E-state index is 4.33. The van der Waals surface area contributed by atoms with Crippen molar-refractivity contribution in [1.82, 2.24) is 30.2 Å². The number of hydrogen-bond donors (Lipinski definition) is 1. The number of thiophene rings is 1. The van der Waals surface area contributed by atoms with Crippen molar-refractivity contribution in [3.05, 3.63) is 23.6 Å². The van der Waals surface area contributed by atoms with E-state index in [1.54, 1.807) is 17.7 Å². The van der Waals surface area contributed by atoms with E-state index in [1.165, 1.54) is 0 Å². The molecular weight excluding hydrogens is 274 g/mol. The Morgan fingerprint density at radius 2 is 2.30 bits per heavy atom. The molecular formula is C12H13N7S. The molecule has 0 aromatic carbocycles. The molecule has 102 valence electrons. The molecule has 1 unspecified atom stereocenters. The van der Waals surface area contributed by atoms with E-state index in [9.17, 15) is 0 Å². The van der Waals surface area contributed by atoms with Gasteiger partial charge in [-0.25, -0.2) is 14.6 Å². The van der Waals surface area contributed by atoms with Gasteiger partial charge in [-0.2, -0.15) is 0 Å². The Labute approximate surface area is 119 Å². The molecule has 0 bridgehead atoms. The molecule has 4 rings (SSSR count). The van der Waals surface area contributed by atoms with Gasteiger partial charge in [0.15, 0.2) is 5.82 Å². The summed E-state index contributed by atoms with van der Waals surface area (Å²) in [7, 11) is 0. The predicted octanol–water partition coefficient (Wildman–Crippen LogP) is 2.19. The van der Waals surface area contributed by atoms with E-state index in [0.29, 0.717) is 6.04 Å². The van der Waals surface area contributed by atoms with E-state index in [2.05, 4.69) is 30.8 Å². The second-order valence-corrected chi connectivity index (χ2v) is 5.84. The zero-order chi connectivity index (χ0) is 13.5. The summed E-state index contributed by atoms with van der Waals surface area (Å²) >= 11 is 1.61. The second kappa shape index (κ2) is 4.48. The van der Waals surface area contributed by atoms with Crippen molar-refractivity contribution in [2.45, 2.75) is 31.8 Å². The van der Waals surface area contributed by atoms with E-state index in [4.69, 9.17) is 0 Å². The van der Waals surface area contributed by atoms with Gasteiger partial charge in [0, 0.05) is 0 Å². The fourth-order valence-corrected chi connectivity index (χ4v) is 2.97. The van der Waals surface area contributed by atoms with Crippen LogP contribution >= 0.6 is 11.3 Å². The molecule has 3 aromatic heterocycles. The summed E-state index contributed by atoms with van der Waals surface area (Å²) in [4.78, 5) is 9.56. The summed E-state index contributed by atoms with van der Waals surface area (Å²) in [6, 6.07) is 2.50. The lowest BCUT2D eigenvalue weighted by atomic mass is 10.3. The number of hydrogen-bond acceptors (Lipinski definition) is 7. The molecule has 8 heteroatoms. The minimum absolute atomic E-state index is 0.00333. The summed E-state index contributed by atoms with van der Waals surface area (Å²) < 4.78 is 1.92. The van der Waals surface area contributed by atoms with Crippen LogP contribution in [0.25, 0.3) is 10.2 Å². The van der Waals surface area contributed by atoms with E-state index < -0.39 is 0 Å². The van der Waals surface area contributed by atoms with Gasteiger partial charge in [0.1, 0.15) is 17.0 Å². The second-order valence-electron chi connectivity index (χ2n) is 4.94. The monoisotopic (exact) mass is 287 g/mol. The SMILES string of the molecule is CC(Nc1ncnc2sccc12)c1nnnn1C1CC1. The van der Waals surface area contributed by atoms with Gasteiger partial charge >= 0.3 is 0 Å². The van der Waals surface area contributed by atoms with Gasteiger partial charge in [-0.15, -0.1) is 16.4 Å². The lowest BCUT2D eigenvalue weighted by Crippen LogP contribution is -2.15. The Hall–Kier alpha value is -2.09. The molecule has 1 saturated carbocycles. The van der Waals surface area contributed by atoms with Crippen LogP contribution in [0.1, 0.15) is 37.7 Å². The van der Waals surface area contributed by atoms with Gasteiger partial charge in [0.2, 0.25) is 0 Å². The highest BCUT2D eigenvalue weighted by molar-refractivity contribution is 7.16. The highest BCUT2D eigenvalue weighted by Gasteiger charge is 2.29. The van der Waals surface area contributed by atoms with Crippen molar-refractivity contribution in [2.24, 2.45) is 0 Å². The molecule has 1 aliphatic rings. The first kappa shape index (κ1) is 11.7. The third kappa shape index (κ3) is 1.92. The van der Waals surface area contributed by atoms with Gasteiger partial charge < -0.3 is 5.32 Å². The van der Waals surface area contributed by atoms with Gasteiger partial charge in [0.25, 0.3) is 0 Å². The van der Waals surface area contributed by atoms with Crippen molar-refractivity contribution in [2.75, 3.05) is 5.32 Å². The number of fused-ring (bicyclic) bond motifs is 1. The Bertz CT molecular complexity index is 745. The van der Waals surface area contributed by atoms with Crippen LogP contribution in [0.3, 0.4) is 0 Å². The van der Waals surface area contributed by atoms with Crippen LogP contribution in [0.15, 0.2) is 17.8 Å². The average molecular weight is 287 g/mol. The number of anilines is 1. The van der Waals surface area contributed by atoms with Gasteiger partial charge in [-0.1, -0.05) is 0 Å². The Kier molecular flexibility index (Phi) is 2.62. The van der Waals surface area contributed by atoms with Gasteiger partial charge in [-0.3, -0.25) is 0 Å². The largest absolute Gasteiger partial charge is 0.360 e. The zero-order valence-corrected chi connectivity index (χ0v) is 11.7. The topological polar surface area (TPSA) is 81.4 Å². The third-order valence-electron chi connectivity index (χ3n) is 3.41. The fourth-order valence-electron chi connectivity index (χ4n) is 2.24. The Morgan fingerprint density at radius 1 is 1.40 bits per heavy atom. The third-order valence-corrected chi connectivity index (χ3v) is 4.23. The van der Waals surface area contributed by atoms with Crippen LogP contribution in [-0.4, -0.2) is 30.2 Å².